The lowest BCUT2D eigenvalue weighted by atomic mass is 10.2. The van der Waals surface area contributed by atoms with Gasteiger partial charge in [-0.2, -0.15) is 12.6 Å². The number of hydrogen-bond acceptors (Lipinski definition) is 8. The second kappa shape index (κ2) is 12.3. The number of ether oxygens (including phenoxy) is 1. The summed E-state index contributed by atoms with van der Waals surface area (Å²) in [5.41, 5.74) is 1.20. The summed E-state index contributed by atoms with van der Waals surface area (Å²) >= 11 is 4.15. The zero-order valence-corrected chi connectivity index (χ0v) is 21.4. The molecule has 1 aliphatic rings. The number of nitrogens with zero attached hydrogens (tertiary/aromatic N) is 1. The van der Waals surface area contributed by atoms with Crippen molar-refractivity contribution >= 4 is 53.8 Å². The lowest BCUT2D eigenvalue weighted by Gasteiger charge is -2.19. The van der Waals surface area contributed by atoms with Gasteiger partial charge in [0.1, 0.15) is 23.4 Å². The summed E-state index contributed by atoms with van der Waals surface area (Å²) in [6, 6.07) is 4.80. The Morgan fingerprint density at radius 2 is 1.50 bits per heavy atom. The zero-order valence-electron chi connectivity index (χ0n) is 20.5. The van der Waals surface area contributed by atoms with E-state index in [1.807, 2.05) is 0 Å². The second-order valence-electron chi connectivity index (χ2n) is 8.75. The van der Waals surface area contributed by atoms with E-state index in [9.17, 15) is 28.8 Å². The molecule has 1 aromatic rings. The molecule has 0 fully saturated rings. The van der Waals surface area contributed by atoms with Crippen LogP contribution in [0.5, 0.6) is 0 Å². The third-order valence-corrected chi connectivity index (χ3v) is 5.26. The predicted octanol–water partition coefficient (Wildman–Crippen LogP) is 0.701. The Labute approximate surface area is 214 Å². The largest absolute Gasteiger partial charge is 0.460 e. The van der Waals surface area contributed by atoms with Gasteiger partial charge in [-0.1, -0.05) is 12.1 Å². The van der Waals surface area contributed by atoms with Crippen LogP contribution in [-0.2, 0) is 40.1 Å². The Bertz CT molecular complexity index is 1050. The van der Waals surface area contributed by atoms with Crippen LogP contribution in [0.25, 0.3) is 0 Å². The molecule has 0 spiro atoms. The molecular weight excluding hydrogens is 488 g/mol. The Kier molecular flexibility index (Phi) is 9.79. The Morgan fingerprint density at radius 3 is 2.06 bits per heavy atom. The van der Waals surface area contributed by atoms with Gasteiger partial charge in [0.05, 0.1) is 0 Å². The number of anilines is 1. The highest BCUT2D eigenvalue weighted by molar-refractivity contribution is 7.82. The van der Waals surface area contributed by atoms with Crippen LogP contribution in [-0.4, -0.2) is 63.8 Å². The van der Waals surface area contributed by atoms with E-state index in [0.717, 1.165) is 22.6 Å². The highest BCUT2D eigenvalue weighted by Gasteiger charge is 2.26. The molecule has 5 amide bonds. The topological polar surface area (TPSA) is 151 Å². The van der Waals surface area contributed by atoms with E-state index < -0.39 is 52.3 Å². The molecule has 11 nitrogen and oxygen atoms in total. The molecule has 194 valence electrons. The highest BCUT2D eigenvalue weighted by Crippen LogP contribution is 2.16. The minimum Gasteiger partial charge on any atom is -0.460 e. The second-order valence-corrected chi connectivity index (χ2v) is 9.87. The van der Waals surface area contributed by atoms with Crippen LogP contribution in [0.4, 0.5) is 5.69 Å². The van der Waals surface area contributed by atoms with Gasteiger partial charge in [0.25, 0.3) is 11.8 Å². The normalized spacial score (nSPS) is 14.8. The van der Waals surface area contributed by atoms with E-state index in [1.54, 1.807) is 38.1 Å². The van der Waals surface area contributed by atoms with Gasteiger partial charge in [0, 0.05) is 30.8 Å². The maximum absolute atomic E-state index is 12.4. The summed E-state index contributed by atoms with van der Waals surface area (Å²) in [5, 5.41) is 7.65. The van der Waals surface area contributed by atoms with Gasteiger partial charge < -0.3 is 20.7 Å². The maximum Gasteiger partial charge on any atom is 0.321 e. The number of esters is 1. The van der Waals surface area contributed by atoms with Crippen molar-refractivity contribution in [2.45, 2.75) is 57.6 Å². The van der Waals surface area contributed by atoms with Crippen molar-refractivity contribution in [1.29, 1.82) is 0 Å². The lowest BCUT2D eigenvalue weighted by Crippen LogP contribution is -2.50. The SMILES string of the molecule is C[C@H](NC(=O)CCN1C(=O)C=CC1=O)C(=O)N[C@@H](C)C(=O)Nc1ccc(COC(=O)C(C)(C)S)cc1. The molecule has 12 heteroatoms. The van der Waals surface area contributed by atoms with Crippen LogP contribution in [0.2, 0.25) is 0 Å². The van der Waals surface area contributed by atoms with Crippen molar-refractivity contribution in [3.8, 4) is 0 Å². The summed E-state index contributed by atoms with van der Waals surface area (Å²) in [6.07, 6.45) is 2.09. The van der Waals surface area contributed by atoms with Crippen molar-refractivity contribution in [2.75, 3.05) is 11.9 Å². The fourth-order valence-corrected chi connectivity index (χ4v) is 2.97. The minimum absolute atomic E-state index is 0.0641. The van der Waals surface area contributed by atoms with Gasteiger partial charge in [0.15, 0.2) is 0 Å². The quantitative estimate of drug-likeness (QED) is 0.191. The number of imide groups is 1. The first-order chi connectivity index (χ1) is 16.8. The fourth-order valence-electron chi connectivity index (χ4n) is 2.91. The smallest absolute Gasteiger partial charge is 0.321 e. The number of carbonyl (C=O) groups is 6. The van der Waals surface area contributed by atoms with Gasteiger partial charge in [-0.15, -0.1) is 0 Å². The first-order valence-corrected chi connectivity index (χ1v) is 11.7. The zero-order chi connectivity index (χ0) is 27.0. The van der Waals surface area contributed by atoms with Crippen LogP contribution < -0.4 is 16.0 Å². The van der Waals surface area contributed by atoms with Crippen LogP contribution >= 0.6 is 12.6 Å². The highest BCUT2D eigenvalue weighted by atomic mass is 32.1. The van der Waals surface area contributed by atoms with E-state index in [0.29, 0.717) is 5.69 Å². The Balaban J connectivity index is 1.76. The first kappa shape index (κ1) is 28.6. The molecule has 0 bridgehead atoms. The fraction of sp³-hybridized carbons (Fsp3) is 0.417. The van der Waals surface area contributed by atoms with E-state index in [1.165, 1.54) is 13.8 Å². The maximum atomic E-state index is 12.4. The monoisotopic (exact) mass is 518 g/mol. The van der Waals surface area contributed by atoms with Crippen LogP contribution in [0.1, 0.15) is 39.7 Å². The van der Waals surface area contributed by atoms with Gasteiger partial charge in [-0.05, 0) is 45.4 Å². The van der Waals surface area contributed by atoms with Crippen molar-refractivity contribution in [2.24, 2.45) is 0 Å². The van der Waals surface area contributed by atoms with Crippen molar-refractivity contribution in [3.63, 3.8) is 0 Å². The summed E-state index contributed by atoms with van der Waals surface area (Å²) < 4.78 is 4.28. The summed E-state index contributed by atoms with van der Waals surface area (Å²) in [5.74, 6) is -3.01. The van der Waals surface area contributed by atoms with E-state index in [2.05, 4.69) is 28.6 Å². The number of nitrogens with one attached hydrogen (secondary N) is 3. The van der Waals surface area contributed by atoms with E-state index in [-0.39, 0.29) is 19.6 Å². The summed E-state index contributed by atoms with van der Waals surface area (Å²) in [7, 11) is 0. The summed E-state index contributed by atoms with van der Waals surface area (Å²) in [6.45, 7) is 6.17. The molecule has 2 atom stereocenters. The summed E-state index contributed by atoms with van der Waals surface area (Å²) in [4.78, 5) is 72.6. The Morgan fingerprint density at radius 1 is 0.944 bits per heavy atom. The third-order valence-electron chi connectivity index (χ3n) is 5.08. The number of benzene rings is 1. The average Bonchev–Trinajstić information content (AvgIpc) is 3.13. The number of rotatable bonds is 11. The number of amides is 5. The lowest BCUT2D eigenvalue weighted by molar-refractivity contribution is -0.147. The molecule has 2 rings (SSSR count). The average molecular weight is 519 g/mol. The van der Waals surface area contributed by atoms with Crippen molar-refractivity contribution < 1.29 is 33.5 Å². The van der Waals surface area contributed by atoms with E-state index in [4.69, 9.17) is 4.74 Å². The predicted molar refractivity (Wildman–Crippen MR) is 134 cm³/mol. The molecule has 1 aliphatic heterocycles. The molecular formula is C24H30N4O7S. The standard InChI is InChI=1S/C24H30N4O7S/c1-14(25-18(29)11-12-28-19(30)9-10-20(28)31)21(32)26-15(2)22(33)27-17-7-5-16(6-8-17)13-35-23(34)24(3,4)36/h5-10,14-15,36H,11-13H2,1-4H3,(H,25,29)(H,26,32)(H,27,33)/t14-,15-/m0/s1. The van der Waals surface area contributed by atoms with Gasteiger partial charge >= 0.3 is 5.97 Å². The number of thiol groups is 1. The van der Waals surface area contributed by atoms with Crippen LogP contribution in [0.3, 0.4) is 0 Å². The van der Waals surface area contributed by atoms with Gasteiger partial charge in [-0.25, -0.2) is 0 Å². The molecule has 3 N–H and O–H groups in total. The molecule has 0 aliphatic carbocycles. The number of carbonyl (C=O) groups excluding carboxylic acids is 6. The van der Waals surface area contributed by atoms with Crippen molar-refractivity contribution in [1.82, 2.24) is 15.5 Å². The minimum atomic E-state index is -0.944. The molecule has 0 aromatic heterocycles. The molecule has 0 unspecified atom stereocenters. The molecule has 1 aromatic carbocycles. The number of hydrogen-bond donors (Lipinski definition) is 4. The third kappa shape index (κ3) is 8.52. The molecule has 0 saturated carbocycles. The van der Waals surface area contributed by atoms with Gasteiger partial charge in [0.2, 0.25) is 17.7 Å². The molecule has 1 heterocycles. The molecule has 0 radical (unpaired) electrons. The van der Waals surface area contributed by atoms with Crippen LogP contribution in [0.15, 0.2) is 36.4 Å². The molecule has 0 saturated heterocycles. The van der Waals surface area contributed by atoms with Crippen molar-refractivity contribution in [3.05, 3.63) is 42.0 Å². The first-order valence-electron chi connectivity index (χ1n) is 11.2. The van der Waals surface area contributed by atoms with Crippen LogP contribution in [0, 0.1) is 0 Å². The Hall–Kier alpha value is -3.67. The van der Waals surface area contributed by atoms with E-state index >= 15 is 0 Å². The molecule has 36 heavy (non-hydrogen) atoms. The van der Waals surface area contributed by atoms with Gasteiger partial charge in [-0.3, -0.25) is 33.7 Å².